The lowest BCUT2D eigenvalue weighted by atomic mass is 10.3. The van der Waals surface area contributed by atoms with Crippen LogP contribution in [0.3, 0.4) is 0 Å². The molecule has 0 atom stereocenters. The number of rotatable bonds is 6. The summed E-state index contributed by atoms with van der Waals surface area (Å²) in [6.45, 7) is -2.72. The lowest BCUT2D eigenvalue weighted by Crippen LogP contribution is -2.29. The minimum Gasteiger partial charge on any atom is -0.371 e. The highest BCUT2D eigenvalue weighted by Crippen LogP contribution is 2.17. The van der Waals surface area contributed by atoms with Gasteiger partial charge in [-0.2, -0.15) is 13.2 Å². The van der Waals surface area contributed by atoms with Crippen LogP contribution in [0.2, 0.25) is 0 Å². The number of hydrogen-bond acceptors (Lipinski definition) is 3. The average Bonchev–Trinajstić information content (AvgIpc) is 2.33. The van der Waals surface area contributed by atoms with Crippen molar-refractivity contribution in [3.8, 4) is 0 Å². The molecular formula is C10H9F6NO3S. The van der Waals surface area contributed by atoms with Crippen molar-refractivity contribution in [1.29, 1.82) is 0 Å². The first kappa shape index (κ1) is 17.7. The van der Waals surface area contributed by atoms with Gasteiger partial charge in [-0.25, -0.2) is 26.3 Å². The standard InChI is InChI=1S/C10H9F6NO3S/c11-7-3-6(4-8(12)9(7)13)21(18,19)17-1-2-20-5-10(14,15)16/h3-4,17H,1-2,5H2. The number of hydrogen-bond donors (Lipinski definition) is 1. The first-order chi connectivity index (χ1) is 9.53. The summed E-state index contributed by atoms with van der Waals surface area (Å²) < 4.78 is 103. The van der Waals surface area contributed by atoms with E-state index in [0.717, 1.165) is 0 Å². The maximum Gasteiger partial charge on any atom is 0.411 e. The fraction of sp³-hybridized carbons (Fsp3) is 0.400. The molecule has 0 fully saturated rings. The molecule has 0 saturated carbocycles. The molecule has 0 bridgehead atoms. The molecule has 21 heavy (non-hydrogen) atoms. The monoisotopic (exact) mass is 337 g/mol. The van der Waals surface area contributed by atoms with Crippen molar-refractivity contribution < 1.29 is 39.5 Å². The highest BCUT2D eigenvalue weighted by atomic mass is 32.2. The average molecular weight is 337 g/mol. The number of alkyl halides is 3. The van der Waals surface area contributed by atoms with Gasteiger partial charge in [-0.05, 0) is 12.1 Å². The Hall–Kier alpha value is -1.33. The molecule has 1 aromatic carbocycles. The summed E-state index contributed by atoms with van der Waals surface area (Å²) in [6, 6.07) is 0.495. The molecule has 1 rings (SSSR count). The predicted octanol–water partition coefficient (Wildman–Crippen LogP) is 1.96. The van der Waals surface area contributed by atoms with Gasteiger partial charge in [0.2, 0.25) is 10.0 Å². The van der Waals surface area contributed by atoms with E-state index in [0.29, 0.717) is 0 Å². The molecule has 0 spiro atoms. The minimum atomic E-state index is -4.55. The Morgan fingerprint density at radius 2 is 1.62 bits per heavy atom. The lowest BCUT2D eigenvalue weighted by Gasteiger charge is -2.09. The number of ether oxygens (including phenoxy) is 1. The van der Waals surface area contributed by atoms with E-state index >= 15 is 0 Å². The Morgan fingerprint density at radius 1 is 1.10 bits per heavy atom. The van der Waals surface area contributed by atoms with Crippen LogP contribution >= 0.6 is 0 Å². The van der Waals surface area contributed by atoms with Gasteiger partial charge in [0, 0.05) is 6.54 Å². The minimum absolute atomic E-state index is 0.247. The second-order valence-corrected chi connectivity index (χ2v) is 5.53. The zero-order chi connectivity index (χ0) is 16.3. The van der Waals surface area contributed by atoms with Crippen LogP contribution in [-0.2, 0) is 14.8 Å². The van der Waals surface area contributed by atoms with E-state index in [-0.39, 0.29) is 12.1 Å². The molecule has 0 heterocycles. The van der Waals surface area contributed by atoms with E-state index in [1.54, 1.807) is 4.72 Å². The van der Waals surface area contributed by atoms with Crippen molar-refractivity contribution in [3.63, 3.8) is 0 Å². The Labute approximate surface area is 115 Å². The number of benzene rings is 1. The molecular weight excluding hydrogens is 328 g/mol. The van der Waals surface area contributed by atoms with Crippen molar-refractivity contribution in [2.45, 2.75) is 11.1 Å². The highest BCUT2D eigenvalue weighted by molar-refractivity contribution is 7.89. The first-order valence-corrected chi connectivity index (χ1v) is 6.80. The van der Waals surface area contributed by atoms with Crippen LogP contribution in [0.5, 0.6) is 0 Å². The van der Waals surface area contributed by atoms with Gasteiger partial charge in [0.1, 0.15) is 6.61 Å². The summed E-state index contributed by atoms with van der Waals surface area (Å²) in [5.41, 5.74) is 0. The van der Waals surface area contributed by atoms with Gasteiger partial charge < -0.3 is 4.74 Å². The predicted molar refractivity (Wildman–Crippen MR) is 58.4 cm³/mol. The van der Waals surface area contributed by atoms with Gasteiger partial charge in [-0.3, -0.25) is 0 Å². The van der Waals surface area contributed by atoms with Crippen LogP contribution in [0.4, 0.5) is 26.3 Å². The number of sulfonamides is 1. The van der Waals surface area contributed by atoms with Crippen LogP contribution in [0.1, 0.15) is 0 Å². The van der Waals surface area contributed by atoms with E-state index in [1.165, 1.54) is 0 Å². The van der Waals surface area contributed by atoms with E-state index in [9.17, 15) is 34.8 Å². The van der Waals surface area contributed by atoms with Crippen LogP contribution in [0, 0.1) is 17.5 Å². The molecule has 0 aliphatic carbocycles. The van der Waals surface area contributed by atoms with Gasteiger partial charge in [0.15, 0.2) is 17.5 Å². The van der Waals surface area contributed by atoms with E-state index < -0.39 is 58.3 Å². The number of nitrogens with one attached hydrogen (secondary N) is 1. The molecule has 0 aromatic heterocycles. The molecule has 1 N–H and O–H groups in total. The molecule has 0 amide bonds. The molecule has 0 saturated heterocycles. The summed E-state index contributed by atoms with van der Waals surface area (Å²) in [7, 11) is -4.40. The molecule has 11 heteroatoms. The summed E-state index contributed by atoms with van der Waals surface area (Å²) in [5, 5.41) is 0. The van der Waals surface area contributed by atoms with E-state index in [1.807, 2.05) is 0 Å². The second-order valence-electron chi connectivity index (χ2n) is 3.77. The third-order valence-electron chi connectivity index (χ3n) is 2.07. The molecule has 0 radical (unpaired) electrons. The van der Waals surface area contributed by atoms with Crippen molar-refractivity contribution in [1.82, 2.24) is 4.72 Å². The van der Waals surface area contributed by atoms with Gasteiger partial charge in [-0.1, -0.05) is 0 Å². The van der Waals surface area contributed by atoms with E-state index in [2.05, 4.69) is 4.74 Å². The molecule has 1 aromatic rings. The molecule has 4 nitrogen and oxygen atoms in total. The van der Waals surface area contributed by atoms with Crippen LogP contribution in [-0.4, -0.2) is 34.4 Å². The van der Waals surface area contributed by atoms with Gasteiger partial charge in [0.05, 0.1) is 11.5 Å². The Morgan fingerprint density at radius 3 is 2.10 bits per heavy atom. The fourth-order valence-corrected chi connectivity index (χ4v) is 2.24. The second kappa shape index (κ2) is 6.62. The maximum atomic E-state index is 12.9. The third-order valence-corrected chi connectivity index (χ3v) is 3.51. The Kier molecular flexibility index (Phi) is 5.59. The summed E-state index contributed by atoms with van der Waals surface area (Å²) in [6.07, 6.45) is -4.55. The lowest BCUT2D eigenvalue weighted by molar-refractivity contribution is -0.173. The zero-order valence-corrected chi connectivity index (χ0v) is 11.0. The Bertz CT molecular complexity index is 578. The maximum absolute atomic E-state index is 12.9. The van der Waals surface area contributed by atoms with Crippen LogP contribution in [0.15, 0.2) is 17.0 Å². The summed E-state index contributed by atoms with van der Waals surface area (Å²) >= 11 is 0. The van der Waals surface area contributed by atoms with Crippen LogP contribution < -0.4 is 4.72 Å². The zero-order valence-electron chi connectivity index (χ0n) is 10.2. The summed E-state index contributed by atoms with van der Waals surface area (Å²) in [4.78, 5) is -0.894. The molecule has 0 unspecified atom stereocenters. The SMILES string of the molecule is O=S(=O)(NCCOCC(F)(F)F)c1cc(F)c(F)c(F)c1. The van der Waals surface area contributed by atoms with E-state index in [4.69, 9.17) is 0 Å². The molecule has 0 aliphatic rings. The molecule has 120 valence electrons. The quantitative estimate of drug-likeness (QED) is 0.491. The first-order valence-electron chi connectivity index (χ1n) is 5.31. The van der Waals surface area contributed by atoms with Crippen molar-refractivity contribution in [2.24, 2.45) is 0 Å². The highest BCUT2D eigenvalue weighted by Gasteiger charge is 2.27. The van der Waals surface area contributed by atoms with Crippen molar-refractivity contribution in [2.75, 3.05) is 19.8 Å². The fourth-order valence-electron chi connectivity index (χ4n) is 1.21. The topological polar surface area (TPSA) is 55.4 Å². The van der Waals surface area contributed by atoms with Crippen molar-refractivity contribution in [3.05, 3.63) is 29.6 Å². The normalized spacial score (nSPS) is 12.7. The number of halogens is 6. The third kappa shape index (κ3) is 5.52. The van der Waals surface area contributed by atoms with Crippen molar-refractivity contribution >= 4 is 10.0 Å². The largest absolute Gasteiger partial charge is 0.411 e. The van der Waals surface area contributed by atoms with Crippen LogP contribution in [0.25, 0.3) is 0 Å². The van der Waals surface area contributed by atoms with Gasteiger partial charge in [-0.15, -0.1) is 0 Å². The van der Waals surface area contributed by atoms with Gasteiger partial charge in [0.25, 0.3) is 0 Å². The van der Waals surface area contributed by atoms with Gasteiger partial charge >= 0.3 is 6.18 Å². The smallest absolute Gasteiger partial charge is 0.371 e. The Balaban J connectivity index is 2.62. The summed E-state index contributed by atoms with van der Waals surface area (Å²) in [5.74, 6) is -5.24. The molecule has 0 aliphatic heterocycles.